The molecule has 1 unspecified atom stereocenters. The highest BCUT2D eigenvalue weighted by atomic mass is 16.5. The summed E-state index contributed by atoms with van der Waals surface area (Å²) in [5, 5.41) is 6.54. The number of hydrogen-bond donors (Lipinski definition) is 1. The number of aromatic nitrogens is 2. The first-order valence-corrected chi connectivity index (χ1v) is 5.29. The lowest BCUT2D eigenvalue weighted by molar-refractivity contribution is -0.122. The number of aryl methyl sites for hydroxylation is 1. The highest BCUT2D eigenvalue weighted by Crippen LogP contribution is 2.12. The molecule has 0 aliphatic rings. The number of amides is 1. The van der Waals surface area contributed by atoms with E-state index in [2.05, 4.69) is 15.5 Å². The Morgan fingerprint density at radius 3 is 2.80 bits per heavy atom. The summed E-state index contributed by atoms with van der Waals surface area (Å²) in [6, 6.07) is 0. The van der Waals surface area contributed by atoms with Gasteiger partial charge in [0.1, 0.15) is 5.92 Å². The van der Waals surface area contributed by atoms with E-state index in [0.29, 0.717) is 24.7 Å². The first-order chi connectivity index (χ1) is 7.19. The lowest BCUT2D eigenvalue weighted by Gasteiger charge is -2.06. The van der Waals surface area contributed by atoms with Crippen molar-refractivity contribution in [2.75, 3.05) is 6.54 Å². The van der Waals surface area contributed by atoms with Gasteiger partial charge in [0.2, 0.25) is 11.8 Å². The first kappa shape index (κ1) is 11.7. The average molecular weight is 211 g/mol. The zero-order valence-corrected chi connectivity index (χ0v) is 9.41. The quantitative estimate of drug-likeness (QED) is 0.796. The third-order valence-electron chi connectivity index (χ3n) is 2.11. The molecule has 5 nitrogen and oxygen atoms in total. The van der Waals surface area contributed by atoms with Crippen molar-refractivity contribution in [3.8, 4) is 0 Å². The molecule has 0 aromatic carbocycles. The van der Waals surface area contributed by atoms with Gasteiger partial charge >= 0.3 is 0 Å². The molecule has 5 heteroatoms. The van der Waals surface area contributed by atoms with Gasteiger partial charge in [-0.05, 0) is 13.3 Å². The predicted octanol–water partition coefficient (Wildman–Crippen LogP) is 1.26. The number of carbonyl (C=O) groups is 1. The van der Waals surface area contributed by atoms with E-state index in [0.717, 1.165) is 6.42 Å². The fourth-order valence-electron chi connectivity index (χ4n) is 1.10. The number of nitrogens with zero attached hydrogens (tertiary/aromatic N) is 2. The lowest BCUT2D eigenvalue weighted by atomic mass is 10.1. The summed E-state index contributed by atoms with van der Waals surface area (Å²) >= 11 is 0. The second-order valence-electron chi connectivity index (χ2n) is 3.42. The van der Waals surface area contributed by atoms with Gasteiger partial charge in [0.25, 0.3) is 0 Å². The van der Waals surface area contributed by atoms with Crippen molar-refractivity contribution in [1.82, 2.24) is 15.5 Å². The smallest absolute Gasteiger partial charge is 0.238 e. The van der Waals surface area contributed by atoms with Crippen LogP contribution in [0.5, 0.6) is 0 Å². The van der Waals surface area contributed by atoms with Crippen LogP contribution in [0, 0.1) is 0 Å². The van der Waals surface area contributed by atoms with E-state index < -0.39 is 0 Å². The van der Waals surface area contributed by atoms with E-state index in [4.69, 9.17) is 4.52 Å². The van der Waals surface area contributed by atoms with Crippen molar-refractivity contribution in [3.63, 3.8) is 0 Å². The van der Waals surface area contributed by atoms with Crippen molar-refractivity contribution < 1.29 is 9.32 Å². The summed E-state index contributed by atoms with van der Waals surface area (Å²) < 4.78 is 5.00. The summed E-state index contributed by atoms with van der Waals surface area (Å²) in [6.07, 6.45) is 1.63. The van der Waals surface area contributed by atoms with Crippen molar-refractivity contribution in [1.29, 1.82) is 0 Å². The van der Waals surface area contributed by atoms with Crippen LogP contribution in [-0.2, 0) is 11.2 Å². The Kier molecular flexibility index (Phi) is 4.27. The number of rotatable bonds is 5. The van der Waals surface area contributed by atoms with Crippen LogP contribution in [0.3, 0.4) is 0 Å². The fraction of sp³-hybridized carbons (Fsp3) is 0.700. The monoisotopic (exact) mass is 211 g/mol. The maximum absolute atomic E-state index is 11.6. The average Bonchev–Trinajstić information content (AvgIpc) is 2.73. The van der Waals surface area contributed by atoms with E-state index in [1.807, 2.05) is 13.8 Å². The number of hydrogen-bond acceptors (Lipinski definition) is 4. The number of nitrogens with one attached hydrogen (secondary N) is 1. The summed E-state index contributed by atoms with van der Waals surface area (Å²) in [6.45, 7) is 6.39. The van der Waals surface area contributed by atoms with E-state index in [9.17, 15) is 4.79 Å². The Morgan fingerprint density at radius 2 is 2.27 bits per heavy atom. The van der Waals surface area contributed by atoms with E-state index in [-0.39, 0.29) is 11.8 Å². The highest BCUT2D eigenvalue weighted by Gasteiger charge is 2.20. The third-order valence-corrected chi connectivity index (χ3v) is 2.11. The molecule has 0 aliphatic heterocycles. The highest BCUT2D eigenvalue weighted by molar-refractivity contribution is 5.81. The summed E-state index contributed by atoms with van der Waals surface area (Å²) in [5.74, 6) is 0.591. The van der Waals surface area contributed by atoms with Gasteiger partial charge < -0.3 is 9.84 Å². The van der Waals surface area contributed by atoms with Crippen LogP contribution in [-0.4, -0.2) is 22.6 Å². The van der Waals surface area contributed by atoms with Gasteiger partial charge in [0.15, 0.2) is 5.82 Å². The predicted molar refractivity (Wildman–Crippen MR) is 55.4 cm³/mol. The summed E-state index contributed by atoms with van der Waals surface area (Å²) in [7, 11) is 0. The Balaban J connectivity index is 2.59. The Labute approximate surface area is 89.2 Å². The Bertz CT molecular complexity index is 322. The SMILES string of the molecule is CCCNC(=O)C(C)c1nc(CC)no1. The zero-order chi connectivity index (χ0) is 11.3. The molecule has 15 heavy (non-hydrogen) atoms. The van der Waals surface area contributed by atoms with E-state index >= 15 is 0 Å². The molecule has 1 heterocycles. The molecule has 0 bridgehead atoms. The first-order valence-electron chi connectivity index (χ1n) is 5.29. The van der Waals surface area contributed by atoms with Crippen LogP contribution >= 0.6 is 0 Å². The molecule has 1 rings (SSSR count). The minimum atomic E-state index is -0.371. The van der Waals surface area contributed by atoms with Crippen LogP contribution in [0.4, 0.5) is 0 Å². The molecule has 0 saturated carbocycles. The molecule has 0 radical (unpaired) electrons. The van der Waals surface area contributed by atoms with Gasteiger partial charge in [-0.15, -0.1) is 0 Å². The van der Waals surface area contributed by atoms with Crippen LogP contribution in [0.25, 0.3) is 0 Å². The van der Waals surface area contributed by atoms with Gasteiger partial charge in [-0.1, -0.05) is 19.0 Å². The van der Waals surface area contributed by atoms with Crippen molar-refractivity contribution >= 4 is 5.91 Å². The maximum Gasteiger partial charge on any atom is 0.238 e. The molecule has 0 spiro atoms. The van der Waals surface area contributed by atoms with Crippen LogP contribution in [0.15, 0.2) is 4.52 Å². The van der Waals surface area contributed by atoms with E-state index in [1.54, 1.807) is 6.92 Å². The van der Waals surface area contributed by atoms with E-state index in [1.165, 1.54) is 0 Å². The topological polar surface area (TPSA) is 68.0 Å². The Morgan fingerprint density at radius 1 is 1.53 bits per heavy atom. The fourth-order valence-corrected chi connectivity index (χ4v) is 1.10. The molecule has 1 aromatic rings. The molecule has 1 aromatic heterocycles. The molecule has 1 atom stereocenters. The minimum absolute atomic E-state index is 0.0665. The molecule has 1 N–H and O–H groups in total. The van der Waals surface area contributed by atoms with Gasteiger partial charge in [-0.3, -0.25) is 4.79 Å². The molecular formula is C10H17N3O2. The van der Waals surface area contributed by atoms with Crippen molar-refractivity contribution in [3.05, 3.63) is 11.7 Å². The minimum Gasteiger partial charge on any atom is -0.355 e. The second-order valence-corrected chi connectivity index (χ2v) is 3.42. The molecule has 0 saturated heterocycles. The number of carbonyl (C=O) groups excluding carboxylic acids is 1. The second kappa shape index (κ2) is 5.48. The van der Waals surface area contributed by atoms with Crippen molar-refractivity contribution in [2.24, 2.45) is 0 Å². The van der Waals surface area contributed by atoms with Gasteiger partial charge in [-0.25, -0.2) is 0 Å². The molecule has 0 aliphatic carbocycles. The van der Waals surface area contributed by atoms with Crippen LogP contribution < -0.4 is 5.32 Å². The third kappa shape index (κ3) is 3.04. The standard InChI is InChI=1S/C10H17N3O2/c1-4-6-11-9(14)7(3)10-12-8(5-2)13-15-10/h7H,4-6H2,1-3H3,(H,11,14). The summed E-state index contributed by atoms with van der Waals surface area (Å²) in [4.78, 5) is 15.7. The van der Waals surface area contributed by atoms with Crippen molar-refractivity contribution in [2.45, 2.75) is 39.5 Å². The molecule has 1 amide bonds. The maximum atomic E-state index is 11.6. The molecule has 0 fully saturated rings. The normalized spacial score (nSPS) is 12.5. The van der Waals surface area contributed by atoms with Gasteiger partial charge in [-0.2, -0.15) is 4.98 Å². The summed E-state index contributed by atoms with van der Waals surface area (Å²) in [5.41, 5.74) is 0. The van der Waals surface area contributed by atoms with Crippen LogP contribution in [0.1, 0.15) is 44.8 Å². The lowest BCUT2D eigenvalue weighted by Crippen LogP contribution is -2.28. The largest absolute Gasteiger partial charge is 0.355 e. The Hall–Kier alpha value is -1.39. The van der Waals surface area contributed by atoms with Gasteiger partial charge in [0.05, 0.1) is 0 Å². The molecule has 84 valence electrons. The van der Waals surface area contributed by atoms with Crippen LogP contribution in [0.2, 0.25) is 0 Å². The molecular weight excluding hydrogens is 194 g/mol. The zero-order valence-electron chi connectivity index (χ0n) is 9.41. The van der Waals surface area contributed by atoms with Gasteiger partial charge in [0, 0.05) is 13.0 Å².